The van der Waals surface area contributed by atoms with E-state index in [-0.39, 0.29) is 17.6 Å². The molecule has 3 nitrogen and oxygen atoms in total. The van der Waals surface area contributed by atoms with Crippen LogP contribution in [0, 0.1) is 12.8 Å². The standard InChI is InChI=1S/C30H37NO2/c1-7-26(15-8-20(2)3)31-28-18-25(24-13-16-27(33-6)17-14-24)19-29(32)30(28)22(5)23-11-9-21(4)10-12-23/h7-17,20,22,25,31H,18-19H2,1-6H3/b15-8-,26-7+. The van der Waals surface area contributed by atoms with Crippen LogP contribution in [0.4, 0.5) is 0 Å². The van der Waals surface area contributed by atoms with E-state index >= 15 is 0 Å². The summed E-state index contributed by atoms with van der Waals surface area (Å²) >= 11 is 0. The zero-order chi connectivity index (χ0) is 24.0. The fourth-order valence-corrected chi connectivity index (χ4v) is 4.37. The van der Waals surface area contributed by atoms with Gasteiger partial charge in [0.2, 0.25) is 0 Å². The van der Waals surface area contributed by atoms with Crippen LogP contribution in [0.25, 0.3) is 0 Å². The summed E-state index contributed by atoms with van der Waals surface area (Å²) in [5.41, 5.74) is 6.53. The van der Waals surface area contributed by atoms with Crippen molar-refractivity contribution < 1.29 is 9.53 Å². The highest BCUT2D eigenvalue weighted by atomic mass is 16.5. The Balaban J connectivity index is 2.00. The minimum Gasteiger partial charge on any atom is -0.497 e. The SMILES string of the molecule is C/C=C(\C=C/C(C)C)NC1=C(C(C)c2ccc(C)cc2)C(=O)CC(c2ccc(OC)cc2)C1. The van der Waals surface area contributed by atoms with Crippen molar-refractivity contribution in [1.82, 2.24) is 5.32 Å². The van der Waals surface area contributed by atoms with Crippen molar-refractivity contribution in [3.8, 4) is 5.75 Å². The fourth-order valence-electron chi connectivity index (χ4n) is 4.37. The van der Waals surface area contributed by atoms with Gasteiger partial charge in [0, 0.05) is 29.3 Å². The second kappa shape index (κ2) is 11.2. The third-order valence-corrected chi connectivity index (χ3v) is 6.37. The topological polar surface area (TPSA) is 38.3 Å². The maximum Gasteiger partial charge on any atom is 0.161 e. The van der Waals surface area contributed by atoms with Crippen LogP contribution in [0.2, 0.25) is 0 Å². The van der Waals surface area contributed by atoms with E-state index in [0.717, 1.165) is 29.1 Å². The number of carbonyl (C=O) groups is 1. The summed E-state index contributed by atoms with van der Waals surface area (Å²) in [6.07, 6.45) is 7.69. The normalized spacial score (nSPS) is 18.2. The summed E-state index contributed by atoms with van der Waals surface area (Å²) in [6, 6.07) is 16.6. The van der Waals surface area contributed by atoms with Gasteiger partial charge in [-0.3, -0.25) is 4.79 Å². The molecule has 3 rings (SSSR count). The Bertz CT molecular complexity index is 1040. The molecule has 0 aromatic heterocycles. The van der Waals surface area contributed by atoms with Crippen LogP contribution >= 0.6 is 0 Å². The lowest BCUT2D eigenvalue weighted by molar-refractivity contribution is -0.116. The van der Waals surface area contributed by atoms with Crippen molar-refractivity contribution in [3.05, 3.63) is 100 Å². The van der Waals surface area contributed by atoms with E-state index in [1.807, 2.05) is 19.1 Å². The molecule has 0 bridgehead atoms. The van der Waals surface area contributed by atoms with Crippen molar-refractivity contribution in [2.24, 2.45) is 5.92 Å². The van der Waals surface area contributed by atoms with Gasteiger partial charge in [-0.25, -0.2) is 0 Å². The fraction of sp³-hybridized carbons (Fsp3) is 0.367. The Morgan fingerprint density at radius 1 is 1.03 bits per heavy atom. The van der Waals surface area contributed by atoms with Gasteiger partial charge < -0.3 is 10.1 Å². The molecule has 1 aliphatic rings. The molecule has 0 fully saturated rings. The highest BCUT2D eigenvalue weighted by molar-refractivity contribution is 5.99. The van der Waals surface area contributed by atoms with Crippen molar-refractivity contribution in [1.29, 1.82) is 0 Å². The van der Waals surface area contributed by atoms with Crippen LogP contribution in [0.5, 0.6) is 5.75 Å². The second-order valence-electron chi connectivity index (χ2n) is 9.30. The van der Waals surface area contributed by atoms with E-state index in [2.05, 4.69) is 87.6 Å². The number of allylic oxidation sites excluding steroid dienone is 5. The van der Waals surface area contributed by atoms with Gasteiger partial charge >= 0.3 is 0 Å². The summed E-state index contributed by atoms with van der Waals surface area (Å²) < 4.78 is 5.31. The lowest BCUT2D eigenvalue weighted by Crippen LogP contribution is -2.28. The number of carbonyl (C=O) groups excluding carboxylic acids is 1. The molecule has 0 radical (unpaired) electrons. The van der Waals surface area contributed by atoms with Crippen molar-refractivity contribution in [2.75, 3.05) is 7.11 Å². The summed E-state index contributed by atoms with van der Waals surface area (Å²) in [5, 5.41) is 3.63. The van der Waals surface area contributed by atoms with Crippen LogP contribution in [-0.2, 0) is 4.79 Å². The molecule has 0 spiro atoms. The molecule has 33 heavy (non-hydrogen) atoms. The van der Waals surface area contributed by atoms with Crippen LogP contribution in [0.15, 0.2) is 83.7 Å². The molecular weight excluding hydrogens is 406 g/mol. The van der Waals surface area contributed by atoms with Gasteiger partial charge in [0.1, 0.15) is 5.75 Å². The predicted molar refractivity (Wildman–Crippen MR) is 137 cm³/mol. The molecule has 0 aliphatic heterocycles. The molecule has 0 saturated carbocycles. The zero-order valence-corrected chi connectivity index (χ0v) is 20.8. The number of ether oxygens (including phenoxy) is 1. The van der Waals surface area contributed by atoms with E-state index in [0.29, 0.717) is 12.3 Å². The Morgan fingerprint density at radius 2 is 1.70 bits per heavy atom. The average molecular weight is 444 g/mol. The first-order valence-electron chi connectivity index (χ1n) is 11.9. The number of rotatable bonds is 8. The average Bonchev–Trinajstić information content (AvgIpc) is 2.81. The smallest absolute Gasteiger partial charge is 0.161 e. The number of Topliss-reactive ketones (excluding diaryl/α,β-unsaturated/α-hetero) is 1. The summed E-state index contributed by atoms with van der Waals surface area (Å²) in [6.45, 7) is 10.6. The van der Waals surface area contributed by atoms with E-state index in [9.17, 15) is 4.79 Å². The Labute approximate surface area is 199 Å². The molecule has 2 aromatic carbocycles. The molecule has 2 atom stereocenters. The third-order valence-electron chi connectivity index (χ3n) is 6.37. The second-order valence-corrected chi connectivity index (χ2v) is 9.30. The van der Waals surface area contributed by atoms with Crippen LogP contribution in [-0.4, -0.2) is 12.9 Å². The number of hydrogen-bond acceptors (Lipinski definition) is 3. The molecule has 3 heteroatoms. The predicted octanol–water partition coefficient (Wildman–Crippen LogP) is 7.21. The number of nitrogens with one attached hydrogen (secondary N) is 1. The van der Waals surface area contributed by atoms with Gasteiger partial charge in [-0.2, -0.15) is 0 Å². The first-order valence-corrected chi connectivity index (χ1v) is 11.9. The van der Waals surface area contributed by atoms with Gasteiger partial charge in [-0.05, 0) is 61.4 Å². The van der Waals surface area contributed by atoms with E-state index < -0.39 is 0 Å². The molecule has 174 valence electrons. The Kier molecular flexibility index (Phi) is 8.32. The molecule has 2 aromatic rings. The minimum atomic E-state index is 0.0320. The van der Waals surface area contributed by atoms with Gasteiger partial charge in [-0.1, -0.05) is 74.9 Å². The maximum atomic E-state index is 13.6. The van der Waals surface area contributed by atoms with Gasteiger partial charge in [0.15, 0.2) is 5.78 Å². The van der Waals surface area contributed by atoms with Crippen LogP contribution in [0.3, 0.4) is 0 Å². The Morgan fingerprint density at radius 3 is 2.27 bits per heavy atom. The number of aryl methyl sites for hydroxylation is 1. The quantitative estimate of drug-likeness (QED) is 0.438. The van der Waals surface area contributed by atoms with Gasteiger partial charge in [-0.15, -0.1) is 0 Å². The van der Waals surface area contributed by atoms with E-state index in [1.54, 1.807) is 7.11 Å². The molecule has 0 heterocycles. The number of hydrogen-bond donors (Lipinski definition) is 1. The van der Waals surface area contributed by atoms with Crippen LogP contribution in [0.1, 0.15) is 69.1 Å². The zero-order valence-electron chi connectivity index (χ0n) is 20.8. The van der Waals surface area contributed by atoms with Crippen molar-refractivity contribution in [3.63, 3.8) is 0 Å². The third kappa shape index (κ3) is 6.25. The summed E-state index contributed by atoms with van der Waals surface area (Å²) in [7, 11) is 1.67. The van der Waals surface area contributed by atoms with Gasteiger partial charge in [0.05, 0.1) is 7.11 Å². The summed E-state index contributed by atoms with van der Waals surface area (Å²) in [4.78, 5) is 13.6. The molecular formula is C30H37NO2. The molecule has 1 N–H and O–H groups in total. The first kappa shape index (κ1) is 24.6. The molecule has 0 saturated heterocycles. The van der Waals surface area contributed by atoms with Gasteiger partial charge in [0.25, 0.3) is 0 Å². The Hall–Kier alpha value is -3.07. The molecule has 0 amide bonds. The van der Waals surface area contributed by atoms with Crippen molar-refractivity contribution >= 4 is 5.78 Å². The molecule has 2 unspecified atom stereocenters. The highest BCUT2D eigenvalue weighted by Crippen LogP contribution is 2.39. The number of benzene rings is 2. The maximum absolute atomic E-state index is 13.6. The first-order chi connectivity index (χ1) is 15.8. The number of ketones is 1. The van der Waals surface area contributed by atoms with Crippen molar-refractivity contribution in [2.45, 2.75) is 59.3 Å². The van der Waals surface area contributed by atoms with E-state index in [4.69, 9.17) is 4.74 Å². The van der Waals surface area contributed by atoms with Crippen LogP contribution < -0.4 is 10.1 Å². The largest absolute Gasteiger partial charge is 0.497 e. The summed E-state index contributed by atoms with van der Waals surface area (Å²) in [5.74, 6) is 1.69. The lowest BCUT2D eigenvalue weighted by atomic mass is 9.76. The molecule has 1 aliphatic carbocycles. The number of methoxy groups -OCH3 is 1. The monoisotopic (exact) mass is 443 g/mol. The highest BCUT2D eigenvalue weighted by Gasteiger charge is 2.32. The van der Waals surface area contributed by atoms with E-state index in [1.165, 1.54) is 16.7 Å². The lowest BCUT2D eigenvalue weighted by Gasteiger charge is -2.31. The minimum absolute atomic E-state index is 0.0320.